The number of hydrogen-bond donors (Lipinski definition) is 1. The number of aromatic nitrogens is 2. The number of nitrogens with zero attached hydrogens (tertiary/aromatic N) is 1. The van der Waals surface area contributed by atoms with Crippen molar-refractivity contribution in [1.29, 1.82) is 0 Å². The van der Waals surface area contributed by atoms with E-state index in [2.05, 4.69) is 33.8 Å². The van der Waals surface area contributed by atoms with Crippen molar-refractivity contribution in [1.82, 2.24) is 4.98 Å². The second kappa shape index (κ2) is 5.69. The van der Waals surface area contributed by atoms with Crippen LogP contribution in [0.1, 0.15) is 5.56 Å². The maximum atomic E-state index is 13.1. The fourth-order valence-corrected chi connectivity index (χ4v) is 2.89. The second-order valence-corrected chi connectivity index (χ2v) is 5.57. The standard InChI is InChI=1S/C20H15FN2/c21-17-12-10-15(11-13-17)14-23-19-9-5-4-8-18(19)22-20(23)16-6-2-1-3-7-16/h1-13H,14H2/p+1. The predicted octanol–water partition coefficient (Wildman–Crippen LogP) is 4.31. The molecule has 0 atom stereocenters. The lowest BCUT2D eigenvalue weighted by molar-refractivity contribution is -0.651. The largest absolute Gasteiger partial charge is 0.287 e. The zero-order valence-corrected chi connectivity index (χ0v) is 12.5. The van der Waals surface area contributed by atoms with Gasteiger partial charge in [-0.2, -0.15) is 0 Å². The number of aromatic amines is 1. The zero-order valence-electron chi connectivity index (χ0n) is 12.5. The van der Waals surface area contributed by atoms with Gasteiger partial charge in [-0.3, -0.25) is 0 Å². The smallest absolute Gasteiger partial charge is 0.236 e. The van der Waals surface area contributed by atoms with E-state index in [1.54, 1.807) is 0 Å². The van der Waals surface area contributed by atoms with Gasteiger partial charge in [0.25, 0.3) is 5.82 Å². The third kappa shape index (κ3) is 2.61. The van der Waals surface area contributed by atoms with Crippen LogP contribution in [0.2, 0.25) is 0 Å². The van der Waals surface area contributed by atoms with Gasteiger partial charge in [0.05, 0.1) is 5.56 Å². The molecule has 0 aliphatic carbocycles. The van der Waals surface area contributed by atoms with Crippen molar-refractivity contribution in [2.24, 2.45) is 0 Å². The van der Waals surface area contributed by atoms with Crippen LogP contribution >= 0.6 is 0 Å². The summed E-state index contributed by atoms with van der Waals surface area (Å²) in [4.78, 5) is 3.50. The van der Waals surface area contributed by atoms with Crippen molar-refractivity contribution in [3.63, 3.8) is 0 Å². The summed E-state index contributed by atoms with van der Waals surface area (Å²) in [5.74, 6) is 0.845. The Hall–Kier alpha value is -2.94. The van der Waals surface area contributed by atoms with E-state index in [0.717, 1.165) is 28.0 Å². The molecule has 0 unspecified atom stereocenters. The molecule has 0 spiro atoms. The number of fused-ring (bicyclic) bond motifs is 1. The van der Waals surface area contributed by atoms with Gasteiger partial charge in [0.15, 0.2) is 11.0 Å². The number of benzene rings is 3. The molecule has 2 nitrogen and oxygen atoms in total. The average molecular weight is 303 g/mol. The quantitative estimate of drug-likeness (QED) is 0.544. The highest BCUT2D eigenvalue weighted by molar-refractivity contribution is 5.74. The molecule has 0 saturated heterocycles. The van der Waals surface area contributed by atoms with E-state index in [9.17, 15) is 4.39 Å². The average Bonchev–Trinajstić information content (AvgIpc) is 2.96. The number of halogens is 1. The Balaban J connectivity index is 1.87. The SMILES string of the molecule is Fc1ccc(C[n+]2c(-c3ccccc3)[nH]c3ccccc32)cc1. The summed E-state index contributed by atoms with van der Waals surface area (Å²) in [7, 11) is 0. The second-order valence-electron chi connectivity index (χ2n) is 5.57. The van der Waals surface area contributed by atoms with Crippen molar-refractivity contribution in [2.75, 3.05) is 0 Å². The molecular formula is C20H16FN2+. The van der Waals surface area contributed by atoms with Crippen LogP contribution in [0.25, 0.3) is 22.4 Å². The van der Waals surface area contributed by atoms with E-state index in [1.165, 1.54) is 12.1 Å². The Morgan fingerprint density at radius 3 is 2.26 bits per heavy atom. The first-order valence-electron chi connectivity index (χ1n) is 7.62. The van der Waals surface area contributed by atoms with E-state index in [4.69, 9.17) is 0 Å². The molecule has 1 heterocycles. The van der Waals surface area contributed by atoms with E-state index in [0.29, 0.717) is 6.54 Å². The minimum Gasteiger partial charge on any atom is -0.236 e. The van der Waals surface area contributed by atoms with Gasteiger partial charge in [0, 0.05) is 0 Å². The molecule has 0 bridgehead atoms. The van der Waals surface area contributed by atoms with Crippen molar-refractivity contribution in [3.05, 3.63) is 90.2 Å². The van der Waals surface area contributed by atoms with E-state index < -0.39 is 0 Å². The molecule has 0 aliphatic heterocycles. The Bertz CT molecular complexity index is 940. The molecule has 4 rings (SSSR count). The maximum absolute atomic E-state index is 13.1. The maximum Gasteiger partial charge on any atom is 0.287 e. The van der Waals surface area contributed by atoms with E-state index in [1.807, 2.05) is 42.5 Å². The van der Waals surface area contributed by atoms with Crippen LogP contribution in [0.5, 0.6) is 0 Å². The molecule has 0 aliphatic rings. The molecule has 23 heavy (non-hydrogen) atoms. The summed E-state index contributed by atoms with van der Waals surface area (Å²) < 4.78 is 15.4. The number of hydrogen-bond acceptors (Lipinski definition) is 0. The Morgan fingerprint density at radius 2 is 1.48 bits per heavy atom. The van der Waals surface area contributed by atoms with Crippen LogP contribution in [0.15, 0.2) is 78.9 Å². The van der Waals surface area contributed by atoms with Crippen molar-refractivity contribution in [2.45, 2.75) is 6.54 Å². The molecule has 1 aromatic heterocycles. The fraction of sp³-hybridized carbons (Fsp3) is 0.0500. The minimum absolute atomic E-state index is 0.207. The lowest BCUT2D eigenvalue weighted by atomic mass is 10.2. The van der Waals surface area contributed by atoms with Crippen LogP contribution in [0.3, 0.4) is 0 Å². The molecule has 3 heteroatoms. The normalized spacial score (nSPS) is 11.0. The van der Waals surface area contributed by atoms with Gasteiger partial charge < -0.3 is 0 Å². The third-order valence-electron chi connectivity index (χ3n) is 4.02. The van der Waals surface area contributed by atoms with Crippen LogP contribution in [0.4, 0.5) is 4.39 Å². The highest BCUT2D eigenvalue weighted by Crippen LogP contribution is 2.19. The molecule has 0 amide bonds. The molecule has 4 aromatic rings. The number of para-hydroxylation sites is 2. The fourth-order valence-electron chi connectivity index (χ4n) is 2.89. The van der Waals surface area contributed by atoms with Gasteiger partial charge in [-0.05, 0) is 42.0 Å². The summed E-state index contributed by atoms with van der Waals surface area (Å²) in [5.41, 5.74) is 4.42. The van der Waals surface area contributed by atoms with Crippen LogP contribution in [-0.2, 0) is 6.54 Å². The van der Waals surface area contributed by atoms with Crippen molar-refractivity contribution >= 4 is 11.0 Å². The van der Waals surface area contributed by atoms with E-state index in [-0.39, 0.29) is 5.82 Å². The Labute approximate surface area is 133 Å². The van der Waals surface area contributed by atoms with Gasteiger partial charge in [-0.15, -0.1) is 0 Å². The molecule has 1 N–H and O–H groups in total. The summed E-state index contributed by atoms with van der Waals surface area (Å²) in [6.45, 7) is 0.689. The molecule has 0 radical (unpaired) electrons. The number of nitrogens with one attached hydrogen (secondary N) is 1. The first-order chi connectivity index (χ1) is 11.3. The number of rotatable bonds is 3. The Kier molecular flexibility index (Phi) is 3.39. The summed E-state index contributed by atoms with van der Waals surface area (Å²) >= 11 is 0. The first-order valence-corrected chi connectivity index (χ1v) is 7.62. The van der Waals surface area contributed by atoms with Crippen LogP contribution < -0.4 is 4.57 Å². The highest BCUT2D eigenvalue weighted by Gasteiger charge is 2.19. The first kappa shape index (κ1) is 13.7. The highest BCUT2D eigenvalue weighted by atomic mass is 19.1. The number of imidazole rings is 1. The van der Waals surface area contributed by atoms with Crippen molar-refractivity contribution < 1.29 is 8.96 Å². The molecular weight excluding hydrogens is 287 g/mol. The van der Waals surface area contributed by atoms with Gasteiger partial charge in [-0.25, -0.2) is 13.9 Å². The molecule has 0 fully saturated rings. The van der Waals surface area contributed by atoms with Crippen LogP contribution in [-0.4, -0.2) is 4.98 Å². The summed E-state index contributed by atoms with van der Waals surface area (Å²) in [6.07, 6.45) is 0. The van der Waals surface area contributed by atoms with Gasteiger partial charge in [0.1, 0.15) is 12.4 Å². The molecule has 3 aromatic carbocycles. The number of H-pyrrole nitrogens is 1. The third-order valence-corrected chi connectivity index (χ3v) is 4.02. The lowest BCUT2D eigenvalue weighted by Crippen LogP contribution is -2.35. The summed E-state index contributed by atoms with van der Waals surface area (Å²) in [6, 6.07) is 25.2. The minimum atomic E-state index is -0.207. The molecule has 0 saturated carbocycles. The van der Waals surface area contributed by atoms with E-state index >= 15 is 0 Å². The van der Waals surface area contributed by atoms with Crippen molar-refractivity contribution in [3.8, 4) is 11.4 Å². The van der Waals surface area contributed by atoms with Gasteiger partial charge >= 0.3 is 0 Å². The molecule has 112 valence electrons. The van der Waals surface area contributed by atoms with Gasteiger partial charge in [0.2, 0.25) is 0 Å². The topological polar surface area (TPSA) is 19.7 Å². The predicted molar refractivity (Wildman–Crippen MR) is 89.4 cm³/mol. The zero-order chi connectivity index (χ0) is 15.6. The van der Waals surface area contributed by atoms with Crippen LogP contribution in [0, 0.1) is 5.82 Å². The lowest BCUT2D eigenvalue weighted by Gasteiger charge is -2.03. The monoisotopic (exact) mass is 303 g/mol. The summed E-state index contributed by atoms with van der Waals surface area (Å²) in [5, 5.41) is 0. The van der Waals surface area contributed by atoms with Gasteiger partial charge in [-0.1, -0.05) is 42.5 Å². The Morgan fingerprint density at radius 1 is 0.783 bits per heavy atom.